The first-order chi connectivity index (χ1) is 15.9. The molecule has 1 aromatic heterocycles. The Morgan fingerprint density at radius 1 is 1.12 bits per heavy atom. The van der Waals surface area contributed by atoms with Crippen LogP contribution in [0.1, 0.15) is 56.9 Å². The molecule has 2 atom stereocenters. The maximum atomic E-state index is 12.5. The smallest absolute Gasteiger partial charge is 0.410 e. The van der Waals surface area contributed by atoms with E-state index in [-0.39, 0.29) is 30.8 Å². The molecule has 1 N–H and O–H groups in total. The van der Waals surface area contributed by atoms with Crippen LogP contribution >= 0.6 is 22.9 Å². The lowest BCUT2D eigenvalue weighted by Gasteiger charge is -2.27. The average Bonchev–Trinajstić information content (AvgIpc) is 3.47. The van der Waals surface area contributed by atoms with Gasteiger partial charge >= 0.3 is 12.1 Å². The van der Waals surface area contributed by atoms with E-state index < -0.39 is 5.97 Å². The average molecular weight is 492 g/mol. The summed E-state index contributed by atoms with van der Waals surface area (Å²) in [6, 6.07) is 9.85. The third kappa shape index (κ3) is 6.01. The minimum atomic E-state index is -0.740. The molecular formula is C25H30ClNO5S. The monoisotopic (exact) mass is 491 g/mol. The minimum absolute atomic E-state index is 0.0753. The fraction of sp³-hybridized carbons (Fsp3) is 0.520. The molecule has 6 nitrogen and oxygen atoms in total. The molecule has 2 aromatic rings. The number of halogens is 1. The number of thiophene rings is 1. The van der Waals surface area contributed by atoms with Crippen molar-refractivity contribution in [3.05, 3.63) is 40.2 Å². The maximum absolute atomic E-state index is 12.5. The predicted octanol–water partition coefficient (Wildman–Crippen LogP) is 6.60. The number of amides is 1. The van der Waals surface area contributed by atoms with Crippen molar-refractivity contribution in [1.82, 2.24) is 4.90 Å². The number of hydrogen-bond donors (Lipinski definition) is 1. The van der Waals surface area contributed by atoms with E-state index in [1.807, 2.05) is 37.4 Å². The van der Waals surface area contributed by atoms with Crippen LogP contribution in [0.2, 0.25) is 4.34 Å². The summed E-state index contributed by atoms with van der Waals surface area (Å²) in [5, 5.41) is 9.28. The van der Waals surface area contributed by atoms with E-state index in [4.69, 9.17) is 21.1 Å². The fourth-order valence-electron chi connectivity index (χ4n) is 4.78. The quantitative estimate of drug-likeness (QED) is 0.472. The lowest BCUT2D eigenvalue weighted by molar-refractivity contribution is -0.143. The van der Waals surface area contributed by atoms with Crippen molar-refractivity contribution in [3.8, 4) is 16.2 Å². The number of benzene rings is 1. The van der Waals surface area contributed by atoms with E-state index in [2.05, 4.69) is 0 Å². The number of carboxylic acids is 1. The Balaban J connectivity index is 1.38. The highest BCUT2D eigenvalue weighted by molar-refractivity contribution is 7.19. The largest absolute Gasteiger partial charge is 0.490 e. The van der Waals surface area contributed by atoms with E-state index in [1.54, 1.807) is 4.90 Å². The molecule has 2 aliphatic rings. The number of carbonyl (C=O) groups excluding carboxylic acids is 1. The van der Waals surface area contributed by atoms with Crippen LogP contribution in [0.4, 0.5) is 4.79 Å². The van der Waals surface area contributed by atoms with E-state index >= 15 is 0 Å². The maximum Gasteiger partial charge on any atom is 0.410 e. The second-order valence-electron chi connectivity index (χ2n) is 8.97. The second kappa shape index (κ2) is 10.8. The van der Waals surface area contributed by atoms with Crippen LogP contribution < -0.4 is 4.74 Å². The second-order valence-corrected chi connectivity index (χ2v) is 10.7. The van der Waals surface area contributed by atoms with Gasteiger partial charge in [-0.2, -0.15) is 0 Å². The van der Waals surface area contributed by atoms with E-state index in [1.165, 1.54) is 11.3 Å². The molecule has 4 rings (SSSR count). The van der Waals surface area contributed by atoms with Crippen molar-refractivity contribution < 1.29 is 24.2 Å². The molecule has 2 aliphatic carbocycles. The normalized spacial score (nSPS) is 21.0. The Kier molecular flexibility index (Phi) is 7.81. The van der Waals surface area contributed by atoms with Gasteiger partial charge in [0.25, 0.3) is 0 Å². The molecule has 178 valence electrons. The van der Waals surface area contributed by atoms with Gasteiger partial charge in [-0.3, -0.25) is 4.79 Å². The van der Waals surface area contributed by atoms with Gasteiger partial charge in [0.2, 0.25) is 0 Å². The summed E-state index contributed by atoms with van der Waals surface area (Å²) in [7, 11) is 1.81. The van der Waals surface area contributed by atoms with E-state index in [0.717, 1.165) is 66.7 Å². The standard InChI is InChI=1S/C25H30ClNO5S/c1-27(19-6-2-3-7-19)25(30)31-15-18-14-22(26)33-23(18)16-9-11-20(12-10-16)32-21-8-4-5-17(13-21)24(28)29/h9-12,14,17,19,21H,2-8,13,15H2,1H3,(H,28,29)/t17-,21-/m0/s1. The van der Waals surface area contributed by atoms with Crippen molar-refractivity contribution >= 4 is 35.0 Å². The van der Waals surface area contributed by atoms with Crippen LogP contribution in [0.3, 0.4) is 0 Å². The van der Waals surface area contributed by atoms with Gasteiger partial charge in [-0.15, -0.1) is 11.3 Å². The summed E-state index contributed by atoms with van der Waals surface area (Å²) >= 11 is 7.74. The number of hydrogen-bond acceptors (Lipinski definition) is 5. The molecule has 2 fully saturated rings. The van der Waals surface area contributed by atoms with Crippen molar-refractivity contribution in [2.45, 2.75) is 70.1 Å². The molecule has 0 aliphatic heterocycles. The lowest BCUT2D eigenvalue weighted by atomic mass is 9.87. The molecular weight excluding hydrogens is 462 g/mol. The van der Waals surface area contributed by atoms with Gasteiger partial charge in [-0.25, -0.2) is 4.79 Å². The van der Waals surface area contributed by atoms with Crippen LogP contribution in [0, 0.1) is 5.92 Å². The number of nitrogens with zero attached hydrogens (tertiary/aromatic N) is 1. The molecule has 2 saturated carbocycles. The zero-order chi connectivity index (χ0) is 23.4. The number of aliphatic carboxylic acids is 1. The molecule has 0 spiro atoms. The molecule has 1 aromatic carbocycles. The summed E-state index contributed by atoms with van der Waals surface area (Å²) in [6.45, 7) is 0.172. The van der Waals surface area contributed by atoms with Crippen molar-refractivity contribution in [2.24, 2.45) is 5.92 Å². The van der Waals surface area contributed by atoms with E-state index in [9.17, 15) is 14.7 Å². The van der Waals surface area contributed by atoms with Gasteiger partial charge in [-0.05, 0) is 74.4 Å². The predicted molar refractivity (Wildman–Crippen MR) is 129 cm³/mol. The van der Waals surface area contributed by atoms with E-state index in [0.29, 0.717) is 10.8 Å². The first-order valence-electron chi connectivity index (χ1n) is 11.6. The summed E-state index contributed by atoms with van der Waals surface area (Å²) < 4.78 is 12.3. The third-order valence-electron chi connectivity index (χ3n) is 6.69. The van der Waals surface area contributed by atoms with Gasteiger partial charge < -0.3 is 19.5 Å². The van der Waals surface area contributed by atoms with Gasteiger partial charge in [-0.1, -0.05) is 24.4 Å². The zero-order valence-electron chi connectivity index (χ0n) is 18.8. The molecule has 0 saturated heterocycles. The number of carboxylic acid groups (broad SMARTS) is 1. The highest BCUT2D eigenvalue weighted by Gasteiger charge is 2.28. The van der Waals surface area contributed by atoms with Gasteiger partial charge in [0, 0.05) is 23.5 Å². The van der Waals surface area contributed by atoms with Crippen molar-refractivity contribution in [1.29, 1.82) is 0 Å². The van der Waals surface area contributed by atoms with Crippen LogP contribution in [0.5, 0.6) is 5.75 Å². The highest BCUT2D eigenvalue weighted by atomic mass is 35.5. The van der Waals surface area contributed by atoms with Crippen molar-refractivity contribution in [3.63, 3.8) is 0 Å². The molecule has 0 radical (unpaired) electrons. The SMILES string of the molecule is CN(C(=O)OCc1cc(Cl)sc1-c1ccc(O[C@H]2CCC[C@H](C(=O)O)C2)cc1)C1CCCC1. The van der Waals surface area contributed by atoms with Crippen LogP contribution in [0.25, 0.3) is 10.4 Å². The minimum Gasteiger partial charge on any atom is -0.490 e. The Morgan fingerprint density at radius 3 is 2.55 bits per heavy atom. The summed E-state index contributed by atoms with van der Waals surface area (Å²) in [4.78, 5) is 26.4. The molecule has 0 unspecified atom stereocenters. The lowest BCUT2D eigenvalue weighted by Crippen LogP contribution is -2.35. The first kappa shape index (κ1) is 23.9. The van der Waals surface area contributed by atoms with Gasteiger partial charge in [0.1, 0.15) is 12.4 Å². The van der Waals surface area contributed by atoms with Gasteiger partial charge in [0.15, 0.2) is 0 Å². The molecule has 33 heavy (non-hydrogen) atoms. The Bertz CT molecular complexity index is 970. The fourth-order valence-corrected chi connectivity index (χ4v) is 6.04. The Morgan fingerprint density at radius 2 is 1.85 bits per heavy atom. The number of ether oxygens (including phenoxy) is 2. The molecule has 0 bridgehead atoms. The molecule has 1 heterocycles. The summed E-state index contributed by atoms with van der Waals surface area (Å²) in [5.41, 5.74) is 1.85. The molecule has 1 amide bonds. The third-order valence-corrected chi connectivity index (χ3v) is 8.04. The van der Waals surface area contributed by atoms with Gasteiger partial charge in [0.05, 0.1) is 16.4 Å². The van der Waals surface area contributed by atoms with Crippen molar-refractivity contribution in [2.75, 3.05) is 7.05 Å². The van der Waals surface area contributed by atoms with Crippen LogP contribution in [0.15, 0.2) is 30.3 Å². The molecule has 8 heteroatoms. The Labute approximate surface area is 203 Å². The van der Waals surface area contributed by atoms with Crippen LogP contribution in [-0.2, 0) is 16.1 Å². The summed E-state index contributed by atoms with van der Waals surface area (Å²) in [6.07, 6.45) is 7.02. The highest BCUT2D eigenvalue weighted by Crippen LogP contribution is 2.37. The zero-order valence-corrected chi connectivity index (χ0v) is 20.4. The first-order valence-corrected chi connectivity index (χ1v) is 12.8. The van der Waals surface area contributed by atoms with Crippen LogP contribution in [-0.4, -0.2) is 41.3 Å². The number of rotatable bonds is 7. The Hall–Kier alpha value is -2.25. The number of carbonyl (C=O) groups is 2. The summed E-state index contributed by atoms with van der Waals surface area (Å²) in [5.74, 6) is -0.339. The topological polar surface area (TPSA) is 76.1 Å².